The maximum absolute atomic E-state index is 11.4. The van der Waals surface area contributed by atoms with Crippen LogP contribution in [0.3, 0.4) is 0 Å². The molecule has 0 radical (unpaired) electrons. The second kappa shape index (κ2) is 7.50. The molecule has 2 rings (SSSR count). The number of nitrogens with zero attached hydrogens (tertiary/aromatic N) is 2. The summed E-state index contributed by atoms with van der Waals surface area (Å²) in [7, 11) is 1.43. The summed E-state index contributed by atoms with van der Waals surface area (Å²) in [4.78, 5) is 15.5. The van der Waals surface area contributed by atoms with Gasteiger partial charge in [-0.05, 0) is 31.0 Å². The molecule has 0 aromatic heterocycles. The molecule has 0 saturated carbocycles. The predicted molar refractivity (Wildman–Crippen MR) is 80.2 cm³/mol. The second-order valence-electron chi connectivity index (χ2n) is 4.99. The molecule has 0 bridgehead atoms. The fraction of sp³-hybridized carbons (Fsp3) is 0.533. The van der Waals surface area contributed by atoms with Crippen LogP contribution in [0.15, 0.2) is 24.3 Å². The molecule has 0 atom stereocenters. The van der Waals surface area contributed by atoms with Gasteiger partial charge in [-0.25, -0.2) is 4.79 Å². The van der Waals surface area contributed by atoms with Crippen LogP contribution in [0.2, 0.25) is 5.02 Å². The zero-order valence-corrected chi connectivity index (χ0v) is 12.6. The average molecular weight is 297 g/mol. The van der Waals surface area contributed by atoms with Gasteiger partial charge in [-0.3, -0.25) is 4.90 Å². The standard InChI is InChI=1S/C15H21ClN2O2/c1-20-15(19)18-11-9-17(10-12-18)8-4-6-13-5-2-3-7-14(13)16/h2-3,5,7H,4,6,8-12H2,1H3. The summed E-state index contributed by atoms with van der Waals surface area (Å²) in [5.74, 6) is 0. The van der Waals surface area contributed by atoms with Crippen molar-refractivity contribution in [3.63, 3.8) is 0 Å². The molecule has 1 aliphatic heterocycles. The summed E-state index contributed by atoms with van der Waals surface area (Å²) < 4.78 is 4.73. The van der Waals surface area contributed by atoms with Gasteiger partial charge < -0.3 is 9.64 Å². The number of amides is 1. The molecule has 1 saturated heterocycles. The van der Waals surface area contributed by atoms with E-state index in [2.05, 4.69) is 11.0 Å². The lowest BCUT2D eigenvalue weighted by Gasteiger charge is -2.33. The molecule has 1 aromatic rings. The molecule has 1 aromatic carbocycles. The van der Waals surface area contributed by atoms with Crippen LogP contribution < -0.4 is 0 Å². The molecule has 1 aliphatic rings. The molecule has 0 spiro atoms. The van der Waals surface area contributed by atoms with Crippen LogP contribution in [0.4, 0.5) is 4.79 Å². The monoisotopic (exact) mass is 296 g/mol. The quantitative estimate of drug-likeness (QED) is 0.856. The molecule has 1 heterocycles. The zero-order valence-electron chi connectivity index (χ0n) is 11.8. The maximum atomic E-state index is 11.4. The highest BCUT2D eigenvalue weighted by Crippen LogP contribution is 2.16. The van der Waals surface area contributed by atoms with Crippen LogP contribution in [0.25, 0.3) is 0 Å². The Morgan fingerprint density at radius 2 is 1.95 bits per heavy atom. The number of carbonyl (C=O) groups is 1. The summed E-state index contributed by atoms with van der Waals surface area (Å²) in [6, 6.07) is 8.00. The van der Waals surface area contributed by atoms with Gasteiger partial charge in [-0.2, -0.15) is 0 Å². The topological polar surface area (TPSA) is 32.8 Å². The van der Waals surface area contributed by atoms with Crippen LogP contribution in [0.5, 0.6) is 0 Å². The zero-order chi connectivity index (χ0) is 14.4. The third kappa shape index (κ3) is 4.12. The minimum Gasteiger partial charge on any atom is -0.453 e. The summed E-state index contributed by atoms with van der Waals surface area (Å²) in [5.41, 5.74) is 1.21. The third-order valence-electron chi connectivity index (χ3n) is 3.68. The predicted octanol–water partition coefficient (Wildman–Crippen LogP) is 2.66. The van der Waals surface area contributed by atoms with E-state index in [0.717, 1.165) is 50.6 Å². The number of rotatable bonds is 4. The molecule has 0 aliphatic carbocycles. The molecule has 0 N–H and O–H groups in total. The van der Waals surface area contributed by atoms with E-state index in [1.807, 2.05) is 18.2 Å². The summed E-state index contributed by atoms with van der Waals surface area (Å²) >= 11 is 6.14. The van der Waals surface area contributed by atoms with Crippen molar-refractivity contribution < 1.29 is 9.53 Å². The van der Waals surface area contributed by atoms with Crippen LogP contribution in [-0.4, -0.2) is 55.7 Å². The second-order valence-corrected chi connectivity index (χ2v) is 5.40. The minimum absolute atomic E-state index is 0.222. The van der Waals surface area contributed by atoms with E-state index in [9.17, 15) is 4.79 Å². The lowest BCUT2D eigenvalue weighted by molar-refractivity contribution is 0.0907. The van der Waals surface area contributed by atoms with E-state index in [0.29, 0.717) is 0 Å². The Labute approximate surface area is 125 Å². The first-order chi connectivity index (χ1) is 9.70. The lowest BCUT2D eigenvalue weighted by Crippen LogP contribution is -2.48. The molecule has 5 heteroatoms. The highest BCUT2D eigenvalue weighted by Gasteiger charge is 2.20. The number of ether oxygens (including phenoxy) is 1. The first kappa shape index (κ1) is 15.1. The first-order valence-electron chi connectivity index (χ1n) is 6.99. The molecule has 1 fully saturated rings. The minimum atomic E-state index is -0.222. The first-order valence-corrected chi connectivity index (χ1v) is 7.37. The van der Waals surface area contributed by atoms with E-state index in [1.54, 1.807) is 4.90 Å². The molecular formula is C15H21ClN2O2. The number of benzene rings is 1. The Kier molecular flexibility index (Phi) is 5.68. The van der Waals surface area contributed by atoms with Gasteiger partial charge in [-0.1, -0.05) is 29.8 Å². The SMILES string of the molecule is COC(=O)N1CCN(CCCc2ccccc2Cl)CC1. The van der Waals surface area contributed by atoms with Crippen LogP contribution in [0.1, 0.15) is 12.0 Å². The molecule has 1 amide bonds. The smallest absolute Gasteiger partial charge is 0.409 e. The van der Waals surface area contributed by atoms with Gasteiger partial charge in [0.15, 0.2) is 0 Å². The van der Waals surface area contributed by atoms with E-state index in [4.69, 9.17) is 16.3 Å². The Balaban J connectivity index is 1.69. The van der Waals surface area contributed by atoms with Crippen molar-refractivity contribution in [2.75, 3.05) is 39.8 Å². The molecule has 0 unspecified atom stereocenters. The van der Waals surface area contributed by atoms with Gasteiger partial charge in [0.05, 0.1) is 7.11 Å². The third-order valence-corrected chi connectivity index (χ3v) is 4.05. The van der Waals surface area contributed by atoms with Crippen molar-refractivity contribution >= 4 is 17.7 Å². The van der Waals surface area contributed by atoms with Crippen molar-refractivity contribution in [1.29, 1.82) is 0 Å². The van der Waals surface area contributed by atoms with E-state index in [1.165, 1.54) is 12.7 Å². The summed E-state index contributed by atoms with van der Waals surface area (Å²) in [6.07, 6.45) is 1.86. The van der Waals surface area contributed by atoms with Gasteiger partial charge in [-0.15, -0.1) is 0 Å². The Bertz CT molecular complexity index is 445. The van der Waals surface area contributed by atoms with Gasteiger partial charge in [0.1, 0.15) is 0 Å². The number of hydrogen-bond donors (Lipinski definition) is 0. The van der Waals surface area contributed by atoms with Gasteiger partial charge in [0.2, 0.25) is 0 Å². The highest BCUT2D eigenvalue weighted by atomic mass is 35.5. The molecule has 110 valence electrons. The van der Waals surface area contributed by atoms with Gasteiger partial charge in [0, 0.05) is 31.2 Å². The van der Waals surface area contributed by atoms with Crippen LogP contribution >= 0.6 is 11.6 Å². The Hall–Kier alpha value is -1.26. The fourth-order valence-electron chi connectivity index (χ4n) is 2.48. The maximum Gasteiger partial charge on any atom is 0.409 e. The number of piperazine rings is 1. The number of halogens is 1. The van der Waals surface area contributed by atoms with E-state index >= 15 is 0 Å². The summed E-state index contributed by atoms with van der Waals surface area (Å²) in [6.45, 7) is 4.37. The number of aryl methyl sites for hydroxylation is 1. The Morgan fingerprint density at radius 3 is 2.60 bits per heavy atom. The van der Waals surface area contributed by atoms with Crippen LogP contribution in [-0.2, 0) is 11.2 Å². The highest BCUT2D eigenvalue weighted by molar-refractivity contribution is 6.31. The molecular weight excluding hydrogens is 276 g/mol. The van der Waals surface area contributed by atoms with Crippen molar-refractivity contribution in [2.24, 2.45) is 0 Å². The van der Waals surface area contributed by atoms with Crippen molar-refractivity contribution in [3.05, 3.63) is 34.9 Å². The normalized spacial score (nSPS) is 16.2. The fourth-order valence-corrected chi connectivity index (χ4v) is 2.71. The van der Waals surface area contributed by atoms with Crippen LogP contribution in [0, 0.1) is 0 Å². The Morgan fingerprint density at radius 1 is 1.25 bits per heavy atom. The number of hydrogen-bond acceptors (Lipinski definition) is 3. The van der Waals surface area contributed by atoms with Crippen molar-refractivity contribution in [3.8, 4) is 0 Å². The van der Waals surface area contributed by atoms with E-state index in [-0.39, 0.29) is 6.09 Å². The average Bonchev–Trinajstić information content (AvgIpc) is 2.49. The van der Waals surface area contributed by atoms with Crippen molar-refractivity contribution in [1.82, 2.24) is 9.80 Å². The molecule has 4 nitrogen and oxygen atoms in total. The largest absolute Gasteiger partial charge is 0.453 e. The van der Waals surface area contributed by atoms with E-state index < -0.39 is 0 Å². The lowest BCUT2D eigenvalue weighted by atomic mass is 10.1. The van der Waals surface area contributed by atoms with Crippen molar-refractivity contribution in [2.45, 2.75) is 12.8 Å². The van der Waals surface area contributed by atoms with Gasteiger partial charge >= 0.3 is 6.09 Å². The number of methoxy groups -OCH3 is 1. The number of carbonyl (C=O) groups excluding carboxylic acids is 1. The van der Waals surface area contributed by atoms with Gasteiger partial charge in [0.25, 0.3) is 0 Å². The molecule has 20 heavy (non-hydrogen) atoms. The summed E-state index contributed by atoms with van der Waals surface area (Å²) in [5, 5.41) is 0.850.